The number of hydrogen-bond acceptors (Lipinski definition) is 4. The summed E-state index contributed by atoms with van der Waals surface area (Å²) in [6.07, 6.45) is 13.0. The molecule has 1 aliphatic heterocycles. The molecule has 0 aromatic rings. The Hall–Kier alpha value is -0.870. The van der Waals surface area contributed by atoms with Gasteiger partial charge in [-0.1, -0.05) is 53.2 Å². The molecule has 10 atom stereocenters. The minimum Gasteiger partial charge on any atom is -0.467 e. The second kappa shape index (κ2) is 8.06. The molecule has 4 nitrogen and oxygen atoms in total. The van der Waals surface area contributed by atoms with Crippen LogP contribution in [0.5, 0.6) is 0 Å². The molecule has 5 rings (SSSR count). The van der Waals surface area contributed by atoms with E-state index in [2.05, 4.69) is 47.6 Å². The molecule has 0 amide bonds. The van der Waals surface area contributed by atoms with Crippen LogP contribution < -0.4 is 0 Å². The number of hydrogen-bond donors (Lipinski definition) is 1. The zero-order chi connectivity index (χ0) is 25.6. The Morgan fingerprint density at radius 2 is 1.80 bits per heavy atom. The van der Waals surface area contributed by atoms with Crippen LogP contribution in [0.1, 0.15) is 106 Å². The topological polar surface area (TPSA) is 59.1 Å². The Kier molecular flexibility index (Phi) is 5.94. The van der Waals surface area contributed by atoms with Crippen LogP contribution in [0.15, 0.2) is 11.6 Å². The highest BCUT2D eigenvalue weighted by Gasteiger charge is 2.65. The van der Waals surface area contributed by atoms with Gasteiger partial charge in [-0.2, -0.15) is 0 Å². The van der Waals surface area contributed by atoms with Crippen LogP contribution in [-0.4, -0.2) is 36.0 Å². The fourth-order valence-corrected chi connectivity index (χ4v) is 10.3. The first-order valence-corrected chi connectivity index (χ1v) is 14.4. The van der Waals surface area contributed by atoms with Gasteiger partial charge in [0.05, 0.1) is 19.3 Å². The number of allylic oxidation sites excluding steroid dienone is 2. The van der Waals surface area contributed by atoms with Crippen molar-refractivity contribution < 1.29 is 19.4 Å². The Morgan fingerprint density at radius 3 is 2.49 bits per heavy atom. The summed E-state index contributed by atoms with van der Waals surface area (Å²) in [7, 11) is 1.45. The van der Waals surface area contributed by atoms with Crippen molar-refractivity contribution in [3.8, 4) is 0 Å². The van der Waals surface area contributed by atoms with E-state index in [0.29, 0.717) is 34.5 Å². The molecular weight excluding hydrogens is 436 g/mol. The fourth-order valence-electron chi connectivity index (χ4n) is 10.3. The van der Waals surface area contributed by atoms with Crippen LogP contribution in [0.25, 0.3) is 0 Å². The molecule has 5 aliphatic rings. The number of rotatable bonds is 5. The van der Waals surface area contributed by atoms with Gasteiger partial charge in [0.25, 0.3) is 0 Å². The van der Waals surface area contributed by atoms with Gasteiger partial charge in [-0.05, 0) is 110 Å². The maximum atomic E-state index is 12.0. The summed E-state index contributed by atoms with van der Waals surface area (Å²) in [5.74, 6) is 2.36. The molecule has 1 saturated heterocycles. The van der Waals surface area contributed by atoms with Gasteiger partial charge in [0, 0.05) is 0 Å². The molecule has 3 saturated carbocycles. The molecule has 4 fully saturated rings. The van der Waals surface area contributed by atoms with Crippen LogP contribution in [-0.2, 0) is 14.3 Å². The number of fused-ring (bicyclic) bond motifs is 5. The van der Waals surface area contributed by atoms with Crippen LogP contribution in [0.4, 0.5) is 0 Å². The maximum Gasteiger partial charge on any atom is 0.340 e. The molecule has 0 unspecified atom stereocenters. The summed E-state index contributed by atoms with van der Waals surface area (Å²) in [5.41, 5.74) is 1.94. The molecule has 0 spiro atoms. The van der Waals surface area contributed by atoms with E-state index in [1.54, 1.807) is 5.57 Å². The average Bonchev–Trinajstić information content (AvgIpc) is 3.39. The molecule has 0 aromatic heterocycles. The van der Waals surface area contributed by atoms with Crippen LogP contribution in [0, 0.1) is 45.3 Å². The van der Waals surface area contributed by atoms with E-state index in [-0.39, 0.29) is 29.0 Å². The number of esters is 1. The summed E-state index contributed by atoms with van der Waals surface area (Å²) in [6, 6.07) is 0. The van der Waals surface area contributed by atoms with Crippen LogP contribution >= 0.6 is 0 Å². The van der Waals surface area contributed by atoms with Crippen molar-refractivity contribution >= 4 is 5.97 Å². The standard InChI is InChI=1S/C31H50O4/c1-19(9-12-25-31(7,35-25)26(33)34-8)20-13-17-30(6)22-10-11-23-27(2,3)24(32)15-16-28(23,4)21(22)14-18-29(20,30)5/h14,19-20,22-25,32H,9-13,15-18H2,1-8H3/t19-,20-,22-,23+,24-,25+,28-,29-,30+,31+/m1/s1. The van der Waals surface area contributed by atoms with E-state index in [0.717, 1.165) is 25.7 Å². The quantitative estimate of drug-likeness (QED) is 0.267. The van der Waals surface area contributed by atoms with Gasteiger partial charge in [-0.25, -0.2) is 4.79 Å². The number of carbonyl (C=O) groups is 1. The zero-order valence-corrected chi connectivity index (χ0v) is 23.6. The van der Waals surface area contributed by atoms with Gasteiger partial charge in [-0.3, -0.25) is 0 Å². The lowest BCUT2D eigenvalue weighted by Crippen LogP contribution is -2.57. The minimum absolute atomic E-state index is 0.00320. The van der Waals surface area contributed by atoms with E-state index >= 15 is 0 Å². The van der Waals surface area contributed by atoms with E-state index in [1.165, 1.54) is 39.2 Å². The lowest BCUT2D eigenvalue weighted by Gasteiger charge is -2.64. The highest BCUT2D eigenvalue weighted by atomic mass is 16.7. The van der Waals surface area contributed by atoms with Gasteiger partial charge in [0.1, 0.15) is 0 Å². The highest BCUT2D eigenvalue weighted by Crippen LogP contribution is 2.73. The summed E-state index contributed by atoms with van der Waals surface area (Å²) >= 11 is 0. The second-order valence-corrected chi connectivity index (χ2v) is 14.6. The lowest BCUT2D eigenvalue weighted by molar-refractivity contribution is -0.146. The molecule has 0 bridgehead atoms. The van der Waals surface area contributed by atoms with Gasteiger partial charge < -0.3 is 14.6 Å². The monoisotopic (exact) mass is 486 g/mol. The van der Waals surface area contributed by atoms with Crippen molar-refractivity contribution in [3.63, 3.8) is 0 Å². The van der Waals surface area contributed by atoms with Crippen molar-refractivity contribution in [2.24, 2.45) is 45.3 Å². The molecular formula is C31H50O4. The van der Waals surface area contributed by atoms with Crippen molar-refractivity contribution in [3.05, 3.63) is 11.6 Å². The van der Waals surface area contributed by atoms with E-state index in [4.69, 9.17) is 9.47 Å². The molecule has 4 heteroatoms. The first-order chi connectivity index (χ1) is 16.3. The Bertz CT molecular complexity index is 908. The van der Waals surface area contributed by atoms with Crippen molar-refractivity contribution in [1.82, 2.24) is 0 Å². The van der Waals surface area contributed by atoms with Gasteiger partial charge >= 0.3 is 5.97 Å². The first kappa shape index (κ1) is 25.8. The molecule has 1 N–H and O–H groups in total. The van der Waals surface area contributed by atoms with E-state index in [1.807, 2.05) is 6.92 Å². The molecule has 198 valence electrons. The number of aliphatic hydroxyl groups is 1. The van der Waals surface area contributed by atoms with E-state index in [9.17, 15) is 9.90 Å². The SMILES string of the molecule is COC(=O)[C@@]1(C)O[C@H]1CC[C@@H](C)[C@H]1CC[C@@]2(C)[C@@H]3CC[C@H]4C(C)(C)[C@H](O)CC[C@]4(C)C3=CC[C@]12C. The number of ether oxygens (including phenoxy) is 2. The second-order valence-electron chi connectivity index (χ2n) is 14.6. The van der Waals surface area contributed by atoms with Crippen LogP contribution in [0.2, 0.25) is 0 Å². The number of epoxide rings is 1. The molecule has 35 heavy (non-hydrogen) atoms. The average molecular weight is 487 g/mol. The summed E-state index contributed by atoms with van der Waals surface area (Å²) in [6.45, 7) is 16.7. The minimum atomic E-state index is -0.722. The van der Waals surface area contributed by atoms with E-state index < -0.39 is 5.60 Å². The van der Waals surface area contributed by atoms with Crippen LogP contribution in [0.3, 0.4) is 0 Å². The highest BCUT2D eigenvalue weighted by molar-refractivity contribution is 5.82. The molecule has 1 heterocycles. The van der Waals surface area contributed by atoms with Crippen molar-refractivity contribution in [2.45, 2.75) is 124 Å². The molecule has 0 radical (unpaired) electrons. The number of methoxy groups -OCH3 is 1. The largest absolute Gasteiger partial charge is 0.467 e. The molecule has 0 aromatic carbocycles. The Labute approximate surface area is 213 Å². The predicted octanol–water partition coefficient (Wildman–Crippen LogP) is 6.70. The third kappa shape index (κ3) is 3.40. The smallest absolute Gasteiger partial charge is 0.340 e. The maximum absolute atomic E-state index is 12.0. The zero-order valence-electron chi connectivity index (χ0n) is 23.6. The fraction of sp³-hybridized carbons (Fsp3) is 0.903. The third-order valence-electron chi connectivity index (χ3n) is 13.0. The lowest BCUT2D eigenvalue weighted by atomic mass is 9.41. The summed E-state index contributed by atoms with van der Waals surface area (Å²) in [4.78, 5) is 12.0. The van der Waals surface area contributed by atoms with Gasteiger partial charge in [0.2, 0.25) is 0 Å². The molecule has 4 aliphatic carbocycles. The van der Waals surface area contributed by atoms with Gasteiger partial charge in [-0.15, -0.1) is 0 Å². The predicted molar refractivity (Wildman–Crippen MR) is 139 cm³/mol. The number of aliphatic hydroxyl groups excluding tert-OH is 1. The first-order valence-electron chi connectivity index (χ1n) is 14.4. The Balaban J connectivity index is 1.34. The summed E-state index contributed by atoms with van der Waals surface area (Å²) in [5, 5.41) is 10.8. The van der Waals surface area contributed by atoms with Gasteiger partial charge in [0.15, 0.2) is 5.60 Å². The Morgan fingerprint density at radius 1 is 1.09 bits per heavy atom. The normalized spacial score (nSPS) is 50.9. The number of carbonyl (C=O) groups excluding carboxylic acids is 1. The summed E-state index contributed by atoms with van der Waals surface area (Å²) < 4.78 is 10.7. The van der Waals surface area contributed by atoms with Crippen molar-refractivity contribution in [1.29, 1.82) is 0 Å². The third-order valence-corrected chi connectivity index (χ3v) is 13.0. The van der Waals surface area contributed by atoms with Crippen molar-refractivity contribution in [2.75, 3.05) is 7.11 Å².